The van der Waals surface area contributed by atoms with Gasteiger partial charge in [0.05, 0.1) is 11.2 Å². The molecule has 7 heteroatoms. The van der Waals surface area contributed by atoms with Crippen LogP contribution in [0.25, 0.3) is 6.08 Å². The Hall–Kier alpha value is -2.96. The molecule has 1 aromatic heterocycles. The summed E-state index contributed by atoms with van der Waals surface area (Å²) >= 11 is 7.51. The summed E-state index contributed by atoms with van der Waals surface area (Å²) in [5.41, 5.74) is 4.38. The maximum absolute atomic E-state index is 12.1. The van der Waals surface area contributed by atoms with Gasteiger partial charge in [0.2, 0.25) is 5.90 Å². The van der Waals surface area contributed by atoms with Crippen molar-refractivity contribution in [3.05, 3.63) is 87.0 Å². The zero-order valence-electron chi connectivity index (χ0n) is 14.0. The van der Waals surface area contributed by atoms with Crippen LogP contribution in [0.3, 0.4) is 0 Å². The van der Waals surface area contributed by atoms with Crippen molar-refractivity contribution in [2.45, 2.75) is 6.61 Å². The molecule has 3 aromatic rings. The summed E-state index contributed by atoms with van der Waals surface area (Å²) in [7, 11) is 0. The number of aliphatic imine (C=N–C) groups is 1. The van der Waals surface area contributed by atoms with Crippen LogP contribution in [0.15, 0.2) is 70.1 Å². The molecule has 2 heterocycles. The second-order valence-electron chi connectivity index (χ2n) is 5.68. The summed E-state index contributed by atoms with van der Waals surface area (Å²) in [4.78, 5) is 20.5. The van der Waals surface area contributed by atoms with Crippen molar-refractivity contribution in [3.63, 3.8) is 0 Å². The molecule has 0 unspecified atom stereocenters. The lowest BCUT2D eigenvalue weighted by Gasteiger charge is -2.04. The number of aromatic nitrogens is 1. The van der Waals surface area contributed by atoms with Crippen LogP contribution in [0.1, 0.15) is 16.8 Å². The Labute approximate surface area is 164 Å². The first-order valence-electron chi connectivity index (χ1n) is 8.06. The molecule has 0 bridgehead atoms. The van der Waals surface area contributed by atoms with E-state index >= 15 is 0 Å². The van der Waals surface area contributed by atoms with Gasteiger partial charge in [-0.1, -0.05) is 29.8 Å². The van der Waals surface area contributed by atoms with Crippen LogP contribution in [0.2, 0.25) is 5.02 Å². The number of ether oxygens (including phenoxy) is 2. The molecule has 4 rings (SSSR count). The smallest absolute Gasteiger partial charge is 0.363 e. The van der Waals surface area contributed by atoms with Crippen LogP contribution in [-0.2, 0) is 16.1 Å². The minimum absolute atomic E-state index is 0.237. The molecule has 0 N–H and O–H groups in total. The van der Waals surface area contributed by atoms with E-state index in [-0.39, 0.29) is 11.6 Å². The molecule has 0 saturated heterocycles. The molecule has 0 aliphatic carbocycles. The highest BCUT2D eigenvalue weighted by molar-refractivity contribution is 7.07. The number of cyclic esters (lactones) is 1. The third kappa shape index (κ3) is 4.24. The Balaban J connectivity index is 1.48. The highest BCUT2D eigenvalue weighted by Gasteiger charge is 2.24. The van der Waals surface area contributed by atoms with Gasteiger partial charge in [-0.25, -0.2) is 14.8 Å². The van der Waals surface area contributed by atoms with Crippen LogP contribution < -0.4 is 4.74 Å². The molecule has 0 spiro atoms. The van der Waals surface area contributed by atoms with Crippen LogP contribution in [0.4, 0.5) is 0 Å². The van der Waals surface area contributed by atoms with Crippen molar-refractivity contribution in [1.29, 1.82) is 0 Å². The summed E-state index contributed by atoms with van der Waals surface area (Å²) in [6, 6.07) is 14.4. The third-order valence-corrected chi connectivity index (χ3v) is 4.62. The predicted octanol–water partition coefficient (Wildman–Crippen LogP) is 4.72. The highest BCUT2D eigenvalue weighted by Crippen LogP contribution is 2.22. The van der Waals surface area contributed by atoms with Crippen LogP contribution in [0, 0.1) is 0 Å². The number of carbonyl (C=O) groups is 1. The fraction of sp³-hybridized carbons (Fsp3) is 0.0500. The lowest BCUT2D eigenvalue weighted by Crippen LogP contribution is -2.05. The molecular weight excluding hydrogens is 384 g/mol. The van der Waals surface area contributed by atoms with Gasteiger partial charge in [0.1, 0.15) is 12.4 Å². The molecule has 27 heavy (non-hydrogen) atoms. The molecule has 0 saturated carbocycles. The minimum atomic E-state index is -0.492. The SMILES string of the molecule is O=C1OC(c2cccc(Cl)c2)=N/C1=C\c1ccc(OCc2cscn2)cc1. The number of carbonyl (C=O) groups excluding carboxylic acids is 1. The Bertz CT molecular complexity index is 1030. The molecule has 1 aliphatic heterocycles. The Morgan fingerprint density at radius 3 is 2.78 bits per heavy atom. The first kappa shape index (κ1) is 17.5. The Morgan fingerprint density at radius 2 is 2.04 bits per heavy atom. The zero-order chi connectivity index (χ0) is 18.6. The summed E-state index contributed by atoms with van der Waals surface area (Å²) in [5, 5.41) is 2.50. The van der Waals surface area contributed by atoms with Crippen LogP contribution >= 0.6 is 22.9 Å². The summed E-state index contributed by atoms with van der Waals surface area (Å²) in [6.45, 7) is 0.420. The largest absolute Gasteiger partial charge is 0.487 e. The molecule has 2 aromatic carbocycles. The number of thiazole rings is 1. The van der Waals surface area contributed by atoms with E-state index in [0.29, 0.717) is 17.2 Å². The maximum Gasteiger partial charge on any atom is 0.363 e. The predicted molar refractivity (Wildman–Crippen MR) is 105 cm³/mol. The number of rotatable bonds is 5. The molecule has 5 nitrogen and oxygen atoms in total. The van der Waals surface area contributed by atoms with E-state index < -0.39 is 5.97 Å². The summed E-state index contributed by atoms with van der Waals surface area (Å²) < 4.78 is 10.9. The quantitative estimate of drug-likeness (QED) is 0.462. The topological polar surface area (TPSA) is 60.8 Å². The standard InChI is InChI=1S/C20H13ClN2O3S/c21-15-3-1-2-14(9-15)19-23-18(20(24)26-19)8-13-4-6-17(7-5-13)25-10-16-11-27-12-22-16/h1-9,11-12H,10H2/b18-8-. The normalized spacial score (nSPS) is 14.9. The summed E-state index contributed by atoms with van der Waals surface area (Å²) in [5.74, 6) is 0.480. The van der Waals surface area contributed by atoms with Crippen molar-refractivity contribution in [2.24, 2.45) is 4.99 Å². The first-order valence-corrected chi connectivity index (χ1v) is 9.38. The lowest BCUT2D eigenvalue weighted by molar-refractivity contribution is -0.129. The summed E-state index contributed by atoms with van der Waals surface area (Å²) in [6.07, 6.45) is 1.67. The van der Waals surface area contributed by atoms with Gasteiger partial charge >= 0.3 is 5.97 Å². The van der Waals surface area contributed by atoms with Crippen LogP contribution in [0.5, 0.6) is 5.75 Å². The average molecular weight is 397 g/mol. The van der Waals surface area contributed by atoms with E-state index in [4.69, 9.17) is 21.1 Å². The van der Waals surface area contributed by atoms with Gasteiger partial charge in [-0.15, -0.1) is 11.3 Å². The van der Waals surface area contributed by atoms with Crippen molar-refractivity contribution in [1.82, 2.24) is 4.98 Å². The number of halogens is 1. The van der Waals surface area contributed by atoms with Gasteiger partial charge in [0.25, 0.3) is 0 Å². The average Bonchev–Trinajstić information content (AvgIpc) is 3.31. The number of hydrogen-bond acceptors (Lipinski definition) is 6. The van der Waals surface area contributed by atoms with E-state index in [9.17, 15) is 4.79 Å². The molecule has 1 aliphatic rings. The Morgan fingerprint density at radius 1 is 1.19 bits per heavy atom. The van der Waals surface area contributed by atoms with Crippen molar-refractivity contribution in [3.8, 4) is 5.75 Å². The number of hydrogen-bond donors (Lipinski definition) is 0. The van der Waals surface area contributed by atoms with Gasteiger partial charge in [0, 0.05) is 16.0 Å². The maximum atomic E-state index is 12.1. The molecule has 0 amide bonds. The second kappa shape index (κ2) is 7.73. The van der Waals surface area contributed by atoms with Gasteiger partial charge in [-0.3, -0.25) is 0 Å². The number of esters is 1. The van der Waals surface area contributed by atoms with Gasteiger partial charge in [-0.2, -0.15) is 0 Å². The number of nitrogens with zero attached hydrogens (tertiary/aromatic N) is 2. The van der Waals surface area contributed by atoms with E-state index in [1.54, 1.807) is 35.9 Å². The molecule has 0 radical (unpaired) electrons. The monoisotopic (exact) mass is 396 g/mol. The second-order valence-corrected chi connectivity index (χ2v) is 6.84. The third-order valence-electron chi connectivity index (χ3n) is 3.75. The minimum Gasteiger partial charge on any atom is -0.487 e. The Kier molecular flexibility index (Phi) is 5.00. The van der Waals surface area contributed by atoms with Crippen molar-refractivity contribution in [2.75, 3.05) is 0 Å². The zero-order valence-corrected chi connectivity index (χ0v) is 15.5. The van der Waals surface area contributed by atoms with E-state index in [2.05, 4.69) is 9.98 Å². The van der Waals surface area contributed by atoms with Gasteiger partial charge in [0.15, 0.2) is 5.70 Å². The highest BCUT2D eigenvalue weighted by atomic mass is 35.5. The number of benzene rings is 2. The molecular formula is C20H13ClN2O3S. The van der Waals surface area contributed by atoms with Crippen molar-refractivity contribution < 1.29 is 14.3 Å². The van der Waals surface area contributed by atoms with E-state index in [1.807, 2.05) is 29.6 Å². The van der Waals surface area contributed by atoms with E-state index in [0.717, 1.165) is 17.0 Å². The molecule has 0 atom stereocenters. The molecule has 134 valence electrons. The fourth-order valence-electron chi connectivity index (χ4n) is 2.44. The first-order chi connectivity index (χ1) is 13.2. The van der Waals surface area contributed by atoms with Gasteiger partial charge in [-0.05, 0) is 42.0 Å². The van der Waals surface area contributed by atoms with Crippen molar-refractivity contribution >= 4 is 40.9 Å². The van der Waals surface area contributed by atoms with E-state index in [1.165, 1.54) is 11.3 Å². The fourth-order valence-corrected chi connectivity index (χ4v) is 3.17. The lowest BCUT2D eigenvalue weighted by atomic mass is 10.2. The van der Waals surface area contributed by atoms with Gasteiger partial charge < -0.3 is 9.47 Å². The molecule has 0 fully saturated rings. The van der Waals surface area contributed by atoms with Crippen LogP contribution in [-0.4, -0.2) is 16.9 Å².